The molecular formula is C25H26N4O4. The van der Waals surface area contributed by atoms with Gasteiger partial charge in [-0.25, -0.2) is 0 Å². The van der Waals surface area contributed by atoms with Crippen LogP contribution in [0.1, 0.15) is 36.1 Å². The van der Waals surface area contributed by atoms with Crippen LogP contribution in [-0.2, 0) is 6.54 Å². The van der Waals surface area contributed by atoms with E-state index in [2.05, 4.69) is 20.3 Å². The summed E-state index contributed by atoms with van der Waals surface area (Å²) >= 11 is 0. The zero-order chi connectivity index (χ0) is 22.8. The maximum Gasteiger partial charge on any atom is 0.253 e. The van der Waals surface area contributed by atoms with Gasteiger partial charge >= 0.3 is 0 Å². The first-order chi connectivity index (χ1) is 16.2. The van der Waals surface area contributed by atoms with Crippen molar-refractivity contribution >= 4 is 0 Å². The molecule has 0 saturated carbocycles. The van der Waals surface area contributed by atoms with Gasteiger partial charge in [-0.05, 0) is 44.5 Å². The molecule has 3 heterocycles. The lowest BCUT2D eigenvalue weighted by atomic mass is 10.0. The second kappa shape index (κ2) is 9.07. The fourth-order valence-corrected chi connectivity index (χ4v) is 4.48. The smallest absolute Gasteiger partial charge is 0.253 e. The summed E-state index contributed by atoms with van der Waals surface area (Å²) in [6, 6.07) is 15.9. The Labute approximate surface area is 192 Å². The number of methoxy groups -OCH3 is 2. The molecule has 0 amide bonds. The lowest BCUT2D eigenvalue weighted by Crippen LogP contribution is -2.23. The van der Waals surface area contributed by atoms with E-state index >= 15 is 0 Å². The van der Waals surface area contributed by atoms with Crippen LogP contribution in [0.15, 0.2) is 57.5 Å². The fraction of sp³-hybridized carbons (Fsp3) is 0.320. The zero-order valence-electron chi connectivity index (χ0n) is 18.9. The Hall–Kier alpha value is -3.65. The third kappa shape index (κ3) is 4.09. The molecule has 0 unspecified atom stereocenters. The summed E-state index contributed by atoms with van der Waals surface area (Å²) in [6.45, 7) is 3.33. The van der Waals surface area contributed by atoms with Crippen LogP contribution in [0.4, 0.5) is 0 Å². The van der Waals surface area contributed by atoms with Crippen LogP contribution in [0.25, 0.3) is 22.7 Å². The first-order valence-corrected chi connectivity index (χ1v) is 11.0. The van der Waals surface area contributed by atoms with Crippen molar-refractivity contribution in [3.05, 3.63) is 65.7 Å². The van der Waals surface area contributed by atoms with E-state index in [0.717, 1.165) is 47.6 Å². The standard InChI is InChI=1S/C25H26N4O4/c1-16-23(24(28-33-16)17-8-5-4-6-9-17)25-27-26-22(32-25)15-29-13-7-10-20(29)19-14-18(30-2)11-12-21(19)31-3/h4-6,8-9,11-12,14,20H,7,10,13,15H2,1-3H3/t20-/m1/s1. The fourth-order valence-electron chi connectivity index (χ4n) is 4.48. The quantitative estimate of drug-likeness (QED) is 0.390. The molecule has 33 heavy (non-hydrogen) atoms. The summed E-state index contributed by atoms with van der Waals surface area (Å²) < 4.78 is 22.6. The number of hydrogen-bond donors (Lipinski definition) is 0. The van der Waals surface area contributed by atoms with E-state index in [0.29, 0.717) is 29.8 Å². The second-order valence-corrected chi connectivity index (χ2v) is 8.07. The Morgan fingerprint density at radius 2 is 1.91 bits per heavy atom. The molecule has 1 atom stereocenters. The van der Waals surface area contributed by atoms with E-state index in [1.165, 1.54) is 0 Å². The number of benzene rings is 2. The summed E-state index contributed by atoms with van der Waals surface area (Å²) in [5.41, 5.74) is 3.47. The van der Waals surface area contributed by atoms with E-state index in [-0.39, 0.29) is 6.04 Å². The maximum absolute atomic E-state index is 6.10. The van der Waals surface area contributed by atoms with Gasteiger partial charge in [-0.15, -0.1) is 10.2 Å². The Balaban J connectivity index is 1.41. The normalized spacial score (nSPS) is 16.3. The van der Waals surface area contributed by atoms with Crippen molar-refractivity contribution in [1.29, 1.82) is 0 Å². The van der Waals surface area contributed by atoms with Gasteiger partial charge < -0.3 is 18.4 Å². The Morgan fingerprint density at radius 1 is 1.06 bits per heavy atom. The minimum Gasteiger partial charge on any atom is -0.497 e. The first-order valence-electron chi connectivity index (χ1n) is 11.0. The predicted molar refractivity (Wildman–Crippen MR) is 122 cm³/mol. The molecule has 170 valence electrons. The van der Waals surface area contributed by atoms with E-state index < -0.39 is 0 Å². The summed E-state index contributed by atoms with van der Waals surface area (Å²) in [5, 5.41) is 12.9. The highest BCUT2D eigenvalue weighted by molar-refractivity contribution is 5.77. The van der Waals surface area contributed by atoms with Crippen molar-refractivity contribution in [2.45, 2.75) is 32.4 Å². The van der Waals surface area contributed by atoms with Gasteiger partial charge in [0.15, 0.2) is 0 Å². The molecule has 1 aliphatic rings. The van der Waals surface area contributed by atoms with Crippen LogP contribution in [0.5, 0.6) is 11.5 Å². The van der Waals surface area contributed by atoms with Crippen LogP contribution < -0.4 is 9.47 Å². The summed E-state index contributed by atoms with van der Waals surface area (Å²) in [4.78, 5) is 2.34. The molecule has 0 radical (unpaired) electrons. The van der Waals surface area contributed by atoms with Crippen molar-refractivity contribution in [2.24, 2.45) is 0 Å². The van der Waals surface area contributed by atoms with Crippen LogP contribution in [0.3, 0.4) is 0 Å². The van der Waals surface area contributed by atoms with Gasteiger partial charge in [-0.1, -0.05) is 35.5 Å². The highest BCUT2D eigenvalue weighted by Gasteiger charge is 2.30. The molecule has 0 spiro atoms. The predicted octanol–water partition coefficient (Wildman–Crippen LogP) is 5.05. The molecule has 0 aliphatic carbocycles. The van der Waals surface area contributed by atoms with Crippen molar-refractivity contribution in [1.82, 2.24) is 20.3 Å². The maximum atomic E-state index is 6.10. The first kappa shape index (κ1) is 21.2. The van der Waals surface area contributed by atoms with E-state index in [1.54, 1.807) is 14.2 Å². The number of aromatic nitrogens is 3. The van der Waals surface area contributed by atoms with Gasteiger partial charge in [-0.3, -0.25) is 4.90 Å². The zero-order valence-corrected chi connectivity index (χ0v) is 18.9. The van der Waals surface area contributed by atoms with Crippen molar-refractivity contribution in [3.8, 4) is 34.2 Å². The van der Waals surface area contributed by atoms with E-state index in [4.69, 9.17) is 18.4 Å². The molecule has 2 aromatic heterocycles. The summed E-state index contributed by atoms with van der Waals surface area (Å²) in [5.74, 6) is 3.28. The molecule has 2 aromatic carbocycles. The minimum absolute atomic E-state index is 0.183. The molecule has 8 nitrogen and oxygen atoms in total. The van der Waals surface area contributed by atoms with E-state index in [9.17, 15) is 0 Å². The number of likely N-dealkylation sites (tertiary alicyclic amines) is 1. The largest absolute Gasteiger partial charge is 0.497 e. The van der Waals surface area contributed by atoms with Gasteiger partial charge in [0.1, 0.15) is 28.5 Å². The average Bonchev–Trinajstić information content (AvgIpc) is 3.59. The number of aryl methyl sites for hydroxylation is 1. The number of nitrogens with zero attached hydrogens (tertiary/aromatic N) is 4. The highest BCUT2D eigenvalue weighted by atomic mass is 16.5. The molecule has 1 saturated heterocycles. The highest BCUT2D eigenvalue weighted by Crippen LogP contribution is 2.40. The van der Waals surface area contributed by atoms with E-state index in [1.807, 2.05) is 55.5 Å². The molecule has 1 aliphatic heterocycles. The molecule has 8 heteroatoms. The van der Waals surface area contributed by atoms with Gasteiger partial charge in [0.25, 0.3) is 5.89 Å². The molecule has 0 N–H and O–H groups in total. The van der Waals surface area contributed by atoms with Crippen molar-refractivity contribution in [2.75, 3.05) is 20.8 Å². The molecule has 1 fully saturated rings. The minimum atomic E-state index is 0.183. The van der Waals surface area contributed by atoms with Gasteiger partial charge in [0, 0.05) is 17.2 Å². The Bertz CT molecular complexity index is 1230. The second-order valence-electron chi connectivity index (χ2n) is 8.07. The van der Waals surface area contributed by atoms with Crippen molar-refractivity contribution in [3.63, 3.8) is 0 Å². The van der Waals surface area contributed by atoms with Gasteiger partial charge in [0.05, 0.1) is 20.8 Å². The number of rotatable bonds is 7. The lowest BCUT2D eigenvalue weighted by molar-refractivity contribution is 0.220. The van der Waals surface area contributed by atoms with Crippen LogP contribution >= 0.6 is 0 Å². The topological polar surface area (TPSA) is 86.7 Å². The Kier molecular flexibility index (Phi) is 5.83. The van der Waals surface area contributed by atoms with Crippen molar-refractivity contribution < 1.29 is 18.4 Å². The third-order valence-corrected chi connectivity index (χ3v) is 6.09. The molecule has 4 aromatic rings. The Morgan fingerprint density at radius 3 is 2.70 bits per heavy atom. The van der Waals surface area contributed by atoms with Crippen LogP contribution in [0.2, 0.25) is 0 Å². The summed E-state index contributed by atoms with van der Waals surface area (Å²) in [6.07, 6.45) is 2.10. The van der Waals surface area contributed by atoms with Gasteiger partial charge in [0.2, 0.25) is 5.89 Å². The third-order valence-electron chi connectivity index (χ3n) is 6.09. The molecule has 0 bridgehead atoms. The number of hydrogen-bond acceptors (Lipinski definition) is 8. The number of ether oxygens (including phenoxy) is 2. The average molecular weight is 447 g/mol. The SMILES string of the molecule is COc1ccc(OC)c([C@H]2CCCN2Cc2nnc(-c3c(-c4ccccc4)noc3C)o2)c1. The van der Waals surface area contributed by atoms with Crippen LogP contribution in [0, 0.1) is 6.92 Å². The summed E-state index contributed by atoms with van der Waals surface area (Å²) in [7, 11) is 3.37. The molecular weight excluding hydrogens is 420 g/mol. The van der Waals surface area contributed by atoms with Crippen LogP contribution in [-0.4, -0.2) is 41.0 Å². The molecule has 5 rings (SSSR count). The lowest BCUT2D eigenvalue weighted by Gasteiger charge is -2.25. The monoisotopic (exact) mass is 446 g/mol. The van der Waals surface area contributed by atoms with Gasteiger partial charge in [-0.2, -0.15) is 0 Å².